The van der Waals surface area contributed by atoms with E-state index in [0.29, 0.717) is 25.0 Å². The Hall–Kier alpha value is -4.08. The Bertz CT molecular complexity index is 1480. The summed E-state index contributed by atoms with van der Waals surface area (Å²) >= 11 is 0. The van der Waals surface area contributed by atoms with Gasteiger partial charge in [0.25, 0.3) is 0 Å². The molecule has 1 saturated carbocycles. The number of carboxylic acid groups (broad SMARTS) is 1. The molecule has 2 N–H and O–H groups in total. The van der Waals surface area contributed by atoms with E-state index in [1.54, 1.807) is 4.57 Å². The van der Waals surface area contributed by atoms with E-state index in [2.05, 4.69) is 5.32 Å². The monoisotopic (exact) mass is 537 g/mol. The molecule has 2 aliphatic rings. The molecule has 0 spiro atoms. The molecule has 1 aromatic heterocycles. The highest BCUT2D eigenvalue weighted by Crippen LogP contribution is 2.45. The van der Waals surface area contributed by atoms with Crippen LogP contribution in [0.1, 0.15) is 55.1 Å². The zero-order chi connectivity index (χ0) is 27.9. The molecule has 1 atom stereocenters. The lowest BCUT2D eigenvalue weighted by Gasteiger charge is -2.45. The van der Waals surface area contributed by atoms with Crippen molar-refractivity contribution in [3.8, 4) is 5.75 Å². The minimum Gasteiger partial charge on any atom is -0.492 e. The SMILES string of the molecule is COc1c(N2CCC(NC(=O)OCc3ccccc3)C(C)(C)C2)c(F)cc2c(=O)c(C(=O)O)cn(C3CC3)c12. The highest BCUT2D eigenvalue weighted by atomic mass is 19.1. The van der Waals surface area contributed by atoms with E-state index in [1.165, 1.54) is 13.3 Å². The average Bonchev–Trinajstić information content (AvgIpc) is 3.74. The van der Waals surface area contributed by atoms with Gasteiger partial charge in [-0.2, -0.15) is 0 Å². The van der Waals surface area contributed by atoms with E-state index in [0.717, 1.165) is 24.5 Å². The Labute approximate surface area is 225 Å². The van der Waals surface area contributed by atoms with Gasteiger partial charge in [-0.15, -0.1) is 0 Å². The number of nitrogens with one attached hydrogen (secondary N) is 1. The van der Waals surface area contributed by atoms with Crippen molar-refractivity contribution in [3.05, 3.63) is 69.8 Å². The molecule has 1 unspecified atom stereocenters. The standard InChI is InChI=1S/C29H32FN3O6/c1-29(2)16-32(12-11-22(29)31-28(37)39-15-17-7-5-4-6-8-17)24-21(30)13-19-23(26(24)38-3)33(18-9-10-18)14-20(25(19)34)27(35)36/h4-8,13-14,18,22H,9-12,15-16H2,1-3H3,(H,31,37)(H,35,36). The summed E-state index contributed by atoms with van der Waals surface area (Å²) in [5.74, 6) is -1.81. The molecule has 0 bridgehead atoms. The van der Waals surface area contributed by atoms with E-state index in [-0.39, 0.29) is 35.5 Å². The molecule has 1 amide bonds. The van der Waals surface area contributed by atoms with Gasteiger partial charge in [-0.25, -0.2) is 14.0 Å². The quantitative estimate of drug-likeness (QED) is 0.449. The van der Waals surface area contributed by atoms with Crippen LogP contribution in [0, 0.1) is 11.2 Å². The maximum absolute atomic E-state index is 15.7. The topological polar surface area (TPSA) is 110 Å². The lowest BCUT2D eigenvalue weighted by Crippen LogP contribution is -2.56. The molecular weight excluding hydrogens is 505 g/mol. The predicted octanol–water partition coefficient (Wildman–Crippen LogP) is 4.71. The second-order valence-corrected chi connectivity index (χ2v) is 10.9. The van der Waals surface area contributed by atoms with Gasteiger partial charge in [-0.1, -0.05) is 44.2 Å². The molecule has 10 heteroatoms. The second kappa shape index (κ2) is 10.2. The summed E-state index contributed by atoms with van der Waals surface area (Å²) in [5, 5.41) is 12.5. The molecule has 2 heterocycles. The van der Waals surface area contributed by atoms with Crippen molar-refractivity contribution in [1.82, 2.24) is 9.88 Å². The summed E-state index contributed by atoms with van der Waals surface area (Å²) in [4.78, 5) is 39.1. The molecular formula is C29H32FN3O6. The van der Waals surface area contributed by atoms with Gasteiger partial charge in [0, 0.05) is 36.8 Å². The number of methoxy groups -OCH3 is 1. The van der Waals surface area contributed by atoms with E-state index in [9.17, 15) is 19.5 Å². The minimum absolute atomic E-state index is 0.0168. The first kappa shape index (κ1) is 26.5. The lowest BCUT2D eigenvalue weighted by atomic mass is 9.79. The molecule has 2 aromatic carbocycles. The van der Waals surface area contributed by atoms with Crippen LogP contribution in [0.3, 0.4) is 0 Å². The van der Waals surface area contributed by atoms with Crippen LogP contribution in [-0.2, 0) is 11.3 Å². The Morgan fingerprint density at radius 1 is 1.18 bits per heavy atom. The number of aromatic nitrogens is 1. The van der Waals surface area contributed by atoms with Gasteiger partial charge in [0.05, 0.1) is 18.0 Å². The predicted molar refractivity (Wildman–Crippen MR) is 144 cm³/mol. The summed E-state index contributed by atoms with van der Waals surface area (Å²) in [6.45, 7) is 4.97. The van der Waals surface area contributed by atoms with Crippen LogP contribution < -0.4 is 20.4 Å². The second-order valence-electron chi connectivity index (χ2n) is 10.9. The highest BCUT2D eigenvalue weighted by Gasteiger charge is 2.40. The molecule has 0 radical (unpaired) electrons. The number of alkyl carbamates (subject to hydrolysis) is 1. The number of carbonyl (C=O) groups is 2. The number of carboxylic acids is 1. The van der Waals surface area contributed by atoms with E-state index >= 15 is 4.39 Å². The largest absolute Gasteiger partial charge is 0.492 e. The molecule has 39 heavy (non-hydrogen) atoms. The number of hydrogen-bond acceptors (Lipinski definition) is 6. The Kier molecular flexibility index (Phi) is 6.96. The zero-order valence-electron chi connectivity index (χ0n) is 22.2. The first-order chi connectivity index (χ1) is 18.6. The fourth-order valence-corrected chi connectivity index (χ4v) is 5.45. The molecule has 1 aliphatic heterocycles. The van der Waals surface area contributed by atoms with Gasteiger partial charge in [-0.3, -0.25) is 4.79 Å². The minimum atomic E-state index is -1.35. The van der Waals surface area contributed by atoms with Crippen molar-refractivity contribution in [2.45, 2.75) is 51.8 Å². The van der Waals surface area contributed by atoms with Gasteiger partial charge < -0.3 is 29.4 Å². The van der Waals surface area contributed by atoms with E-state index in [1.807, 2.05) is 49.1 Å². The molecule has 206 valence electrons. The van der Waals surface area contributed by atoms with E-state index < -0.39 is 34.3 Å². The van der Waals surface area contributed by atoms with Gasteiger partial charge in [0.2, 0.25) is 5.43 Å². The molecule has 1 saturated heterocycles. The normalized spacial score (nSPS) is 18.6. The fourth-order valence-electron chi connectivity index (χ4n) is 5.45. The van der Waals surface area contributed by atoms with Crippen LogP contribution in [0.5, 0.6) is 5.75 Å². The van der Waals surface area contributed by atoms with Crippen molar-refractivity contribution in [2.75, 3.05) is 25.1 Å². The number of amides is 1. The fraction of sp³-hybridized carbons (Fsp3) is 0.414. The zero-order valence-corrected chi connectivity index (χ0v) is 22.2. The number of pyridine rings is 1. The molecule has 5 rings (SSSR count). The molecule has 1 aliphatic carbocycles. The average molecular weight is 538 g/mol. The first-order valence-corrected chi connectivity index (χ1v) is 13.0. The van der Waals surface area contributed by atoms with Gasteiger partial charge >= 0.3 is 12.1 Å². The van der Waals surface area contributed by atoms with Crippen LogP contribution in [0.2, 0.25) is 0 Å². The Morgan fingerprint density at radius 2 is 1.90 bits per heavy atom. The number of anilines is 1. The summed E-state index contributed by atoms with van der Waals surface area (Å²) in [6.07, 6.45) is 3.02. The van der Waals surface area contributed by atoms with Crippen molar-refractivity contribution >= 4 is 28.7 Å². The Morgan fingerprint density at radius 3 is 2.51 bits per heavy atom. The van der Waals surface area contributed by atoms with Crippen LogP contribution >= 0.6 is 0 Å². The number of ether oxygens (including phenoxy) is 2. The molecule has 3 aromatic rings. The summed E-state index contributed by atoms with van der Waals surface area (Å²) in [6, 6.07) is 10.3. The van der Waals surface area contributed by atoms with Crippen molar-refractivity contribution < 1.29 is 28.6 Å². The van der Waals surface area contributed by atoms with Crippen molar-refractivity contribution in [1.29, 1.82) is 0 Å². The maximum atomic E-state index is 15.7. The van der Waals surface area contributed by atoms with Crippen molar-refractivity contribution in [2.24, 2.45) is 5.41 Å². The van der Waals surface area contributed by atoms with E-state index in [4.69, 9.17) is 9.47 Å². The smallest absolute Gasteiger partial charge is 0.407 e. The third-order valence-corrected chi connectivity index (χ3v) is 7.62. The van der Waals surface area contributed by atoms with Gasteiger partial charge in [-0.05, 0) is 30.9 Å². The number of benzene rings is 2. The van der Waals surface area contributed by atoms with Crippen LogP contribution in [-0.4, -0.2) is 48.0 Å². The highest BCUT2D eigenvalue weighted by molar-refractivity contribution is 5.97. The number of rotatable bonds is 7. The number of aromatic carboxylic acids is 1. The number of halogens is 1. The third kappa shape index (κ3) is 5.15. The van der Waals surface area contributed by atoms with Crippen molar-refractivity contribution in [3.63, 3.8) is 0 Å². The summed E-state index contributed by atoms with van der Waals surface area (Å²) < 4.78 is 28.6. The lowest BCUT2D eigenvalue weighted by molar-refractivity contribution is 0.0694. The first-order valence-electron chi connectivity index (χ1n) is 13.0. The van der Waals surface area contributed by atoms with Crippen LogP contribution in [0.4, 0.5) is 14.9 Å². The maximum Gasteiger partial charge on any atom is 0.407 e. The van der Waals surface area contributed by atoms with Gasteiger partial charge in [0.15, 0.2) is 11.6 Å². The van der Waals surface area contributed by atoms with Crippen LogP contribution in [0.25, 0.3) is 10.9 Å². The number of carbonyl (C=O) groups excluding carboxylic acids is 1. The number of fused-ring (bicyclic) bond motifs is 1. The van der Waals surface area contributed by atoms with Gasteiger partial charge in [0.1, 0.15) is 17.9 Å². The number of piperidine rings is 1. The summed E-state index contributed by atoms with van der Waals surface area (Å²) in [5.41, 5.74) is -0.0827. The molecule has 2 fully saturated rings. The number of nitrogens with zero attached hydrogens (tertiary/aromatic N) is 2. The Balaban J connectivity index is 1.42. The molecule has 9 nitrogen and oxygen atoms in total. The number of hydrogen-bond donors (Lipinski definition) is 2. The summed E-state index contributed by atoms with van der Waals surface area (Å²) in [7, 11) is 1.42. The third-order valence-electron chi connectivity index (χ3n) is 7.62. The van der Waals surface area contributed by atoms with Crippen LogP contribution in [0.15, 0.2) is 47.4 Å².